The number of rotatable bonds is 11. The first-order chi connectivity index (χ1) is 15.9. The van der Waals surface area contributed by atoms with Gasteiger partial charge in [-0.2, -0.15) is 0 Å². The number of sulfonamides is 1. The number of amides is 1. The average Bonchev–Trinajstić information content (AvgIpc) is 2.83. The summed E-state index contributed by atoms with van der Waals surface area (Å²) in [6, 6.07) is 19.5. The SMILES string of the molecule is CCOc1ccc(NS(=O)(=O)c2cccc(C(=O)NCCOc3ccc(OC)cc3)c2)cc1. The van der Waals surface area contributed by atoms with Gasteiger partial charge in [0.15, 0.2) is 0 Å². The fraction of sp³-hybridized carbons (Fsp3) is 0.208. The number of nitrogens with one attached hydrogen (secondary N) is 2. The van der Waals surface area contributed by atoms with E-state index in [4.69, 9.17) is 14.2 Å². The molecule has 0 aromatic heterocycles. The maximum atomic E-state index is 12.7. The van der Waals surface area contributed by atoms with Crippen LogP contribution in [0.3, 0.4) is 0 Å². The standard InChI is InChI=1S/C24H26N2O6S/c1-3-31-21-9-7-19(8-10-21)26-33(28,29)23-6-4-5-18(17-23)24(27)25-15-16-32-22-13-11-20(30-2)12-14-22/h4-14,17,26H,3,15-16H2,1-2H3,(H,25,27). The number of ether oxygens (including phenoxy) is 3. The van der Waals surface area contributed by atoms with Crippen molar-refractivity contribution in [2.24, 2.45) is 0 Å². The first-order valence-corrected chi connectivity index (χ1v) is 11.8. The highest BCUT2D eigenvalue weighted by Crippen LogP contribution is 2.20. The summed E-state index contributed by atoms with van der Waals surface area (Å²) in [5.41, 5.74) is 0.623. The highest BCUT2D eigenvalue weighted by Gasteiger charge is 2.16. The number of anilines is 1. The van der Waals surface area contributed by atoms with Crippen molar-refractivity contribution in [1.82, 2.24) is 5.32 Å². The van der Waals surface area contributed by atoms with Crippen LogP contribution in [0.1, 0.15) is 17.3 Å². The van der Waals surface area contributed by atoms with Crippen LogP contribution in [0.2, 0.25) is 0 Å². The Hall–Kier alpha value is -3.72. The molecule has 0 fully saturated rings. The van der Waals surface area contributed by atoms with Gasteiger partial charge in [-0.1, -0.05) is 6.07 Å². The number of carbonyl (C=O) groups is 1. The molecular formula is C24H26N2O6S. The first kappa shape index (κ1) is 23.9. The molecule has 0 saturated heterocycles. The summed E-state index contributed by atoms with van der Waals surface area (Å²) in [4.78, 5) is 12.4. The molecule has 0 spiro atoms. The van der Waals surface area contributed by atoms with Gasteiger partial charge in [0.1, 0.15) is 23.9 Å². The maximum absolute atomic E-state index is 12.7. The van der Waals surface area contributed by atoms with Gasteiger partial charge in [-0.3, -0.25) is 9.52 Å². The molecule has 0 aliphatic rings. The van der Waals surface area contributed by atoms with Gasteiger partial charge in [0, 0.05) is 11.3 Å². The lowest BCUT2D eigenvalue weighted by Gasteiger charge is -2.11. The van der Waals surface area contributed by atoms with Gasteiger partial charge in [0.2, 0.25) is 0 Å². The molecule has 0 heterocycles. The maximum Gasteiger partial charge on any atom is 0.261 e. The minimum absolute atomic E-state index is 0.0153. The van der Waals surface area contributed by atoms with E-state index in [1.807, 2.05) is 6.92 Å². The third-order valence-electron chi connectivity index (χ3n) is 4.54. The minimum Gasteiger partial charge on any atom is -0.497 e. The molecule has 33 heavy (non-hydrogen) atoms. The lowest BCUT2D eigenvalue weighted by Crippen LogP contribution is -2.28. The Kier molecular flexibility index (Phi) is 8.15. The quantitative estimate of drug-likeness (QED) is 0.414. The molecule has 3 rings (SSSR count). The van der Waals surface area contributed by atoms with E-state index in [0.29, 0.717) is 23.8 Å². The number of benzene rings is 3. The zero-order chi connectivity index (χ0) is 23.7. The molecule has 1 amide bonds. The molecule has 0 aliphatic heterocycles. The van der Waals surface area contributed by atoms with E-state index in [2.05, 4.69) is 10.0 Å². The van der Waals surface area contributed by atoms with Crippen LogP contribution >= 0.6 is 0 Å². The molecule has 0 aliphatic carbocycles. The number of methoxy groups -OCH3 is 1. The van der Waals surface area contributed by atoms with E-state index < -0.39 is 15.9 Å². The summed E-state index contributed by atoms with van der Waals surface area (Å²) in [6.07, 6.45) is 0. The van der Waals surface area contributed by atoms with E-state index in [1.165, 1.54) is 18.2 Å². The van der Waals surface area contributed by atoms with Crippen molar-refractivity contribution >= 4 is 21.6 Å². The second-order valence-electron chi connectivity index (χ2n) is 6.87. The highest BCUT2D eigenvalue weighted by molar-refractivity contribution is 7.92. The lowest BCUT2D eigenvalue weighted by molar-refractivity contribution is 0.0946. The fourth-order valence-corrected chi connectivity index (χ4v) is 4.02. The topological polar surface area (TPSA) is 103 Å². The van der Waals surface area contributed by atoms with Crippen molar-refractivity contribution in [1.29, 1.82) is 0 Å². The van der Waals surface area contributed by atoms with Crippen molar-refractivity contribution in [3.05, 3.63) is 78.4 Å². The van der Waals surface area contributed by atoms with Crippen LogP contribution in [0, 0.1) is 0 Å². The third kappa shape index (κ3) is 6.88. The van der Waals surface area contributed by atoms with Gasteiger partial charge >= 0.3 is 0 Å². The molecule has 3 aromatic carbocycles. The molecule has 0 saturated carbocycles. The molecule has 9 heteroatoms. The molecule has 0 bridgehead atoms. The minimum atomic E-state index is -3.87. The Morgan fingerprint density at radius 3 is 2.18 bits per heavy atom. The van der Waals surface area contributed by atoms with Crippen LogP contribution in [0.15, 0.2) is 77.7 Å². The Labute approximate surface area is 193 Å². The second-order valence-corrected chi connectivity index (χ2v) is 8.55. The van der Waals surface area contributed by atoms with Gasteiger partial charge in [-0.05, 0) is 73.7 Å². The van der Waals surface area contributed by atoms with Crippen molar-refractivity contribution in [2.45, 2.75) is 11.8 Å². The van der Waals surface area contributed by atoms with Gasteiger partial charge in [0.25, 0.3) is 15.9 Å². The Morgan fingerprint density at radius 1 is 0.879 bits per heavy atom. The van der Waals surface area contributed by atoms with Crippen LogP contribution in [-0.2, 0) is 10.0 Å². The van der Waals surface area contributed by atoms with E-state index in [1.54, 1.807) is 61.7 Å². The van der Waals surface area contributed by atoms with Crippen LogP contribution < -0.4 is 24.2 Å². The largest absolute Gasteiger partial charge is 0.497 e. The average molecular weight is 471 g/mol. The normalized spacial score (nSPS) is 10.8. The zero-order valence-corrected chi connectivity index (χ0v) is 19.2. The molecular weight excluding hydrogens is 444 g/mol. The Bertz CT molecular complexity index is 1160. The van der Waals surface area contributed by atoms with E-state index in [0.717, 1.165) is 5.75 Å². The summed E-state index contributed by atoms with van der Waals surface area (Å²) < 4.78 is 44.0. The smallest absolute Gasteiger partial charge is 0.261 e. The van der Waals surface area contributed by atoms with Crippen LogP contribution in [0.4, 0.5) is 5.69 Å². The molecule has 2 N–H and O–H groups in total. The van der Waals surface area contributed by atoms with Gasteiger partial charge in [-0.25, -0.2) is 8.42 Å². The predicted molar refractivity (Wildman–Crippen MR) is 126 cm³/mol. The van der Waals surface area contributed by atoms with Crippen LogP contribution in [0.5, 0.6) is 17.2 Å². The Morgan fingerprint density at radius 2 is 1.52 bits per heavy atom. The number of hydrogen-bond acceptors (Lipinski definition) is 6. The number of hydrogen-bond donors (Lipinski definition) is 2. The number of carbonyl (C=O) groups excluding carboxylic acids is 1. The van der Waals surface area contributed by atoms with Gasteiger partial charge in [-0.15, -0.1) is 0 Å². The molecule has 8 nitrogen and oxygen atoms in total. The van der Waals surface area contributed by atoms with Crippen molar-refractivity contribution < 1.29 is 27.4 Å². The molecule has 0 atom stereocenters. The fourth-order valence-electron chi connectivity index (χ4n) is 2.91. The molecule has 174 valence electrons. The molecule has 0 unspecified atom stereocenters. The summed E-state index contributed by atoms with van der Waals surface area (Å²) in [5.74, 6) is 1.63. The zero-order valence-electron chi connectivity index (χ0n) is 18.4. The summed E-state index contributed by atoms with van der Waals surface area (Å²) in [5, 5.41) is 2.72. The van der Waals surface area contributed by atoms with Gasteiger partial charge in [0.05, 0.1) is 25.2 Å². The van der Waals surface area contributed by atoms with Crippen molar-refractivity contribution in [3.8, 4) is 17.2 Å². The first-order valence-electron chi connectivity index (χ1n) is 10.3. The Balaban J connectivity index is 1.56. The second kappa shape index (κ2) is 11.2. The summed E-state index contributed by atoms with van der Waals surface area (Å²) in [6.45, 7) is 2.91. The van der Waals surface area contributed by atoms with Gasteiger partial charge < -0.3 is 19.5 Å². The lowest BCUT2D eigenvalue weighted by atomic mass is 10.2. The van der Waals surface area contributed by atoms with E-state index in [-0.39, 0.29) is 23.6 Å². The summed E-state index contributed by atoms with van der Waals surface area (Å²) in [7, 11) is -2.28. The predicted octanol–water partition coefficient (Wildman–Crippen LogP) is 3.70. The molecule has 0 radical (unpaired) electrons. The highest BCUT2D eigenvalue weighted by atomic mass is 32.2. The van der Waals surface area contributed by atoms with Crippen molar-refractivity contribution in [3.63, 3.8) is 0 Å². The van der Waals surface area contributed by atoms with E-state index in [9.17, 15) is 13.2 Å². The van der Waals surface area contributed by atoms with Crippen LogP contribution in [0.25, 0.3) is 0 Å². The monoisotopic (exact) mass is 470 g/mol. The van der Waals surface area contributed by atoms with Crippen molar-refractivity contribution in [2.75, 3.05) is 31.6 Å². The van der Waals surface area contributed by atoms with Crippen LogP contribution in [-0.4, -0.2) is 41.2 Å². The summed E-state index contributed by atoms with van der Waals surface area (Å²) >= 11 is 0. The van der Waals surface area contributed by atoms with E-state index >= 15 is 0 Å². The molecule has 3 aromatic rings. The third-order valence-corrected chi connectivity index (χ3v) is 5.92.